The number of halogens is 1. The molecule has 0 saturated heterocycles. The van der Waals surface area contributed by atoms with E-state index in [-0.39, 0.29) is 11.6 Å². The lowest BCUT2D eigenvalue weighted by Gasteiger charge is -2.03. The van der Waals surface area contributed by atoms with Gasteiger partial charge < -0.3 is 0 Å². The van der Waals surface area contributed by atoms with Crippen molar-refractivity contribution in [2.75, 3.05) is 0 Å². The summed E-state index contributed by atoms with van der Waals surface area (Å²) < 4.78 is 1.57. The third-order valence-electron chi connectivity index (χ3n) is 2.58. The van der Waals surface area contributed by atoms with Gasteiger partial charge in [-0.05, 0) is 24.1 Å². The van der Waals surface area contributed by atoms with Gasteiger partial charge in [-0.3, -0.25) is 10.1 Å². The Hall–Kier alpha value is -1.88. The molecule has 0 aliphatic heterocycles. The summed E-state index contributed by atoms with van der Waals surface area (Å²) in [5, 5.41) is 15.4. The molecule has 1 aromatic heterocycles. The fraction of sp³-hybridized carbons (Fsp3) is 0.250. The molecule has 0 N–H and O–H groups in total. The Balaban J connectivity index is 2.39. The lowest BCUT2D eigenvalue weighted by Crippen LogP contribution is -1.98. The van der Waals surface area contributed by atoms with Crippen LogP contribution < -0.4 is 0 Å². The first-order valence-electron chi connectivity index (χ1n) is 5.49. The lowest BCUT2D eigenvalue weighted by molar-refractivity contribution is -0.384. The summed E-state index contributed by atoms with van der Waals surface area (Å²) in [6.07, 6.45) is 0. The van der Waals surface area contributed by atoms with Crippen LogP contribution in [0.3, 0.4) is 0 Å². The van der Waals surface area contributed by atoms with Crippen LogP contribution in [-0.2, 0) is 0 Å². The molecule has 0 amide bonds. The number of hydrogen-bond donors (Lipinski definition) is 0. The van der Waals surface area contributed by atoms with Crippen LogP contribution in [-0.4, -0.2) is 14.7 Å². The van der Waals surface area contributed by atoms with Gasteiger partial charge in [-0.25, -0.2) is 4.68 Å². The van der Waals surface area contributed by atoms with Gasteiger partial charge in [0, 0.05) is 12.1 Å². The summed E-state index contributed by atoms with van der Waals surface area (Å²) in [4.78, 5) is 10.1. The molecule has 6 heteroatoms. The van der Waals surface area contributed by atoms with Crippen LogP contribution in [0.4, 0.5) is 5.69 Å². The first-order chi connectivity index (χ1) is 8.49. The highest BCUT2D eigenvalue weighted by atomic mass is 35.5. The highest BCUT2D eigenvalue weighted by molar-refractivity contribution is 6.29. The van der Waals surface area contributed by atoms with E-state index in [1.54, 1.807) is 22.9 Å². The second-order valence-corrected chi connectivity index (χ2v) is 4.62. The number of nitro groups is 1. The molecule has 0 fully saturated rings. The van der Waals surface area contributed by atoms with E-state index in [4.69, 9.17) is 11.6 Å². The summed E-state index contributed by atoms with van der Waals surface area (Å²) in [5.41, 5.74) is 1.64. The highest BCUT2D eigenvalue weighted by Crippen LogP contribution is 2.23. The maximum absolute atomic E-state index is 10.6. The molecule has 0 radical (unpaired) electrons. The first kappa shape index (κ1) is 12.6. The van der Waals surface area contributed by atoms with Crippen molar-refractivity contribution in [3.63, 3.8) is 0 Å². The minimum absolute atomic E-state index is 0.0473. The van der Waals surface area contributed by atoms with Crippen LogP contribution in [0.25, 0.3) is 5.69 Å². The number of benzene rings is 1. The highest BCUT2D eigenvalue weighted by Gasteiger charge is 2.11. The monoisotopic (exact) mass is 265 g/mol. The lowest BCUT2D eigenvalue weighted by atomic mass is 10.1. The Morgan fingerprint density at radius 2 is 1.94 bits per heavy atom. The molecule has 0 aliphatic carbocycles. The maximum atomic E-state index is 10.6. The van der Waals surface area contributed by atoms with E-state index in [0.717, 1.165) is 5.69 Å². The Bertz CT molecular complexity index is 576. The minimum atomic E-state index is -0.436. The third kappa shape index (κ3) is 2.36. The zero-order valence-electron chi connectivity index (χ0n) is 10.0. The zero-order chi connectivity index (χ0) is 13.3. The van der Waals surface area contributed by atoms with E-state index in [9.17, 15) is 10.1 Å². The van der Waals surface area contributed by atoms with Gasteiger partial charge in [0.05, 0.1) is 16.3 Å². The molecule has 5 nitrogen and oxygen atoms in total. The number of hydrogen-bond acceptors (Lipinski definition) is 3. The van der Waals surface area contributed by atoms with E-state index in [2.05, 4.69) is 5.10 Å². The van der Waals surface area contributed by atoms with E-state index in [1.165, 1.54) is 12.1 Å². The molecule has 0 atom stereocenters. The molecular formula is C12H12ClN3O2. The van der Waals surface area contributed by atoms with Gasteiger partial charge in [0.1, 0.15) is 5.15 Å². The summed E-state index contributed by atoms with van der Waals surface area (Å²) in [6.45, 7) is 4.05. The number of nitro benzene ring substituents is 1. The molecule has 2 aromatic rings. The summed E-state index contributed by atoms with van der Waals surface area (Å²) in [7, 11) is 0. The van der Waals surface area contributed by atoms with Crippen molar-refractivity contribution in [2.45, 2.75) is 19.8 Å². The summed E-state index contributed by atoms with van der Waals surface area (Å²) in [5.74, 6) is 0.279. The third-order valence-corrected chi connectivity index (χ3v) is 2.85. The van der Waals surface area contributed by atoms with Gasteiger partial charge in [0.15, 0.2) is 0 Å². The van der Waals surface area contributed by atoms with Crippen LogP contribution in [0.15, 0.2) is 30.3 Å². The second kappa shape index (κ2) is 4.78. The van der Waals surface area contributed by atoms with Gasteiger partial charge in [-0.1, -0.05) is 25.4 Å². The first-order valence-corrected chi connectivity index (χ1v) is 5.87. The van der Waals surface area contributed by atoms with Crippen LogP contribution in [0.2, 0.25) is 5.15 Å². The Labute approximate surface area is 109 Å². The van der Waals surface area contributed by atoms with Gasteiger partial charge in [0.2, 0.25) is 0 Å². The maximum Gasteiger partial charge on any atom is 0.269 e. The molecular weight excluding hydrogens is 254 g/mol. The fourth-order valence-electron chi connectivity index (χ4n) is 1.55. The second-order valence-electron chi connectivity index (χ2n) is 4.23. The fourth-order valence-corrected chi connectivity index (χ4v) is 1.80. The molecule has 18 heavy (non-hydrogen) atoms. The Kier molecular flexibility index (Phi) is 3.34. The average molecular weight is 266 g/mol. The number of nitrogens with zero attached hydrogens (tertiary/aromatic N) is 3. The predicted octanol–water partition coefficient (Wildman–Crippen LogP) is 3.56. The van der Waals surface area contributed by atoms with E-state index < -0.39 is 4.92 Å². The smallest absolute Gasteiger partial charge is 0.258 e. The molecule has 94 valence electrons. The van der Waals surface area contributed by atoms with E-state index >= 15 is 0 Å². The largest absolute Gasteiger partial charge is 0.269 e. The SMILES string of the molecule is CC(C)c1cc(Cl)n(-c2ccc([N+](=O)[O-])cc2)n1. The van der Waals surface area contributed by atoms with E-state index in [0.29, 0.717) is 10.8 Å². The molecule has 2 rings (SSSR count). The predicted molar refractivity (Wildman–Crippen MR) is 69.3 cm³/mol. The molecule has 1 aromatic carbocycles. The summed E-state index contributed by atoms with van der Waals surface area (Å²) in [6, 6.07) is 7.92. The quantitative estimate of drug-likeness (QED) is 0.630. The molecule has 0 aliphatic rings. The van der Waals surface area contributed by atoms with Gasteiger partial charge in [0.25, 0.3) is 5.69 Å². The summed E-state index contributed by atoms with van der Waals surface area (Å²) >= 11 is 6.09. The van der Waals surface area contributed by atoms with Gasteiger partial charge in [-0.2, -0.15) is 5.10 Å². The molecule has 0 spiro atoms. The molecule has 0 unspecified atom stereocenters. The van der Waals surface area contributed by atoms with Crippen LogP contribution in [0.1, 0.15) is 25.5 Å². The van der Waals surface area contributed by atoms with Gasteiger partial charge >= 0.3 is 0 Å². The zero-order valence-corrected chi connectivity index (χ0v) is 10.8. The van der Waals surface area contributed by atoms with Crippen molar-refractivity contribution in [3.05, 3.63) is 51.3 Å². The van der Waals surface area contributed by atoms with Gasteiger partial charge in [-0.15, -0.1) is 0 Å². The van der Waals surface area contributed by atoms with E-state index in [1.807, 2.05) is 13.8 Å². The number of non-ortho nitro benzene ring substituents is 1. The topological polar surface area (TPSA) is 61.0 Å². The van der Waals surface area contributed by atoms with Crippen molar-refractivity contribution in [1.82, 2.24) is 9.78 Å². The van der Waals surface area contributed by atoms with Crippen molar-refractivity contribution < 1.29 is 4.92 Å². The average Bonchev–Trinajstić information content (AvgIpc) is 2.71. The van der Waals surface area contributed by atoms with Crippen LogP contribution >= 0.6 is 11.6 Å². The molecule has 0 bridgehead atoms. The Morgan fingerprint density at radius 1 is 1.33 bits per heavy atom. The van der Waals surface area contributed by atoms with Crippen LogP contribution in [0.5, 0.6) is 0 Å². The van der Waals surface area contributed by atoms with Crippen molar-refractivity contribution in [3.8, 4) is 5.69 Å². The molecule has 0 saturated carbocycles. The van der Waals surface area contributed by atoms with Crippen molar-refractivity contribution in [2.24, 2.45) is 0 Å². The standard InChI is InChI=1S/C12H12ClN3O2/c1-8(2)11-7-12(13)15(14-11)9-3-5-10(6-4-9)16(17)18/h3-8H,1-2H3. The number of rotatable bonds is 3. The normalized spacial score (nSPS) is 10.9. The van der Waals surface area contributed by atoms with Crippen LogP contribution in [0, 0.1) is 10.1 Å². The van der Waals surface area contributed by atoms with Crippen molar-refractivity contribution >= 4 is 17.3 Å². The Morgan fingerprint density at radius 3 is 2.39 bits per heavy atom. The molecule has 1 heterocycles. The minimum Gasteiger partial charge on any atom is -0.258 e. The number of aromatic nitrogens is 2. The van der Waals surface area contributed by atoms with Crippen molar-refractivity contribution in [1.29, 1.82) is 0 Å².